The summed E-state index contributed by atoms with van der Waals surface area (Å²) in [5.41, 5.74) is -0.625. The Labute approximate surface area is 202 Å². The molecule has 0 amide bonds. The maximum atomic E-state index is 13.5. The topological polar surface area (TPSA) is 177 Å². The Hall–Kier alpha value is -3.49. The number of sulfonamides is 1. The number of fused-ring (bicyclic) bond motifs is 2. The van der Waals surface area contributed by atoms with Crippen molar-refractivity contribution in [2.45, 2.75) is 31.7 Å². The van der Waals surface area contributed by atoms with Crippen LogP contribution in [-0.4, -0.2) is 44.4 Å². The van der Waals surface area contributed by atoms with Crippen molar-refractivity contribution in [2.75, 3.05) is 16.7 Å². The lowest BCUT2D eigenvalue weighted by atomic mass is 10.1. The van der Waals surface area contributed by atoms with Gasteiger partial charge in [0.25, 0.3) is 25.8 Å². The quantitative estimate of drug-likeness (QED) is 0.436. The van der Waals surface area contributed by atoms with Gasteiger partial charge in [-0.15, -0.1) is 4.40 Å². The molecule has 4 N–H and O–H groups in total. The molecule has 14 heteroatoms. The van der Waals surface area contributed by atoms with E-state index in [0.717, 1.165) is 10.4 Å². The monoisotopic (exact) mass is 520 g/mol. The minimum Gasteiger partial charge on any atom is -0.506 e. The van der Waals surface area contributed by atoms with E-state index in [1.54, 1.807) is 12.1 Å². The first-order valence-corrected chi connectivity index (χ1v) is 13.5. The van der Waals surface area contributed by atoms with Crippen molar-refractivity contribution in [3.63, 3.8) is 0 Å². The van der Waals surface area contributed by atoms with Crippen molar-refractivity contribution in [1.82, 2.24) is 9.55 Å². The minimum atomic E-state index is -4.38. The van der Waals surface area contributed by atoms with E-state index < -0.39 is 31.5 Å². The van der Waals surface area contributed by atoms with Gasteiger partial charge in [-0.1, -0.05) is 13.8 Å². The van der Waals surface area contributed by atoms with E-state index in [2.05, 4.69) is 14.7 Å². The van der Waals surface area contributed by atoms with Crippen LogP contribution >= 0.6 is 0 Å². The van der Waals surface area contributed by atoms with Crippen molar-refractivity contribution in [3.8, 4) is 5.75 Å². The van der Waals surface area contributed by atoms with Gasteiger partial charge < -0.3 is 10.4 Å². The van der Waals surface area contributed by atoms with Gasteiger partial charge in [-0.25, -0.2) is 10.1 Å². The zero-order chi connectivity index (χ0) is 25.7. The van der Waals surface area contributed by atoms with Gasteiger partial charge in [0.05, 0.1) is 16.8 Å². The van der Waals surface area contributed by atoms with Crippen LogP contribution in [0.4, 0.5) is 11.4 Å². The fraction of sp³-hybridized carbons (Fsp3) is 0.286. The molecule has 0 radical (unpaired) electrons. The number of aromatic nitrogens is 2. The van der Waals surface area contributed by atoms with E-state index in [-0.39, 0.29) is 44.6 Å². The van der Waals surface area contributed by atoms with Gasteiger partial charge in [-0.05, 0) is 42.7 Å². The first-order chi connectivity index (χ1) is 16.3. The van der Waals surface area contributed by atoms with Gasteiger partial charge in [0.2, 0.25) is 0 Å². The summed E-state index contributed by atoms with van der Waals surface area (Å²) in [6.07, 6.45) is 2.15. The van der Waals surface area contributed by atoms with E-state index in [4.69, 9.17) is 5.14 Å². The molecule has 1 aliphatic rings. The summed E-state index contributed by atoms with van der Waals surface area (Å²) in [4.78, 5) is 17.4. The number of rotatable bonds is 6. The van der Waals surface area contributed by atoms with Crippen molar-refractivity contribution in [2.24, 2.45) is 15.5 Å². The smallest absolute Gasteiger partial charge is 0.298 e. The van der Waals surface area contributed by atoms with E-state index in [0.29, 0.717) is 13.0 Å². The van der Waals surface area contributed by atoms with Crippen LogP contribution in [0, 0.1) is 5.92 Å². The van der Waals surface area contributed by atoms with Crippen LogP contribution in [-0.2, 0) is 26.8 Å². The molecule has 4 rings (SSSR count). The molecule has 0 saturated carbocycles. The number of anilines is 2. The second-order valence-corrected chi connectivity index (χ2v) is 11.6. The first-order valence-electron chi connectivity index (χ1n) is 10.5. The summed E-state index contributed by atoms with van der Waals surface area (Å²) >= 11 is 0. The number of nitrogens with zero attached hydrogens (tertiary/aromatic N) is 4. The lowest BCUT2D eigenvalue weighted by molar-refractivity contribution is 0.473. The van der Waals surface area contributed by atoms with Crippen LogP contribution < -0.4 is 20.3 Å². The van der Waals surface area contributed by atoms with Crippen LogP contribution in [0.15, 0.2) is 50.6 Å². The fourth-order valence-electron chi connectivity index (χ4n) is 3.67. The lowest BCUT2D eigenvalue weighted by Gasteiger charge is -2.22. The van der Waals surface area contributed by atoms with Crippen LogP contribution in [0.25, 0.3) is 11.0 Å². The highest BCUT2D eigenvalue weighted by atomic mass is 32.2. The zero-order valence-corrected chi connectivity index (χ0v) is 20.8. The summed E-state index contributed by atoms with van der Waals surface area (Å²) in [7, 11) is -7.32. The zero-order valence-electron chi connectivity index (χ0n) is 19.1. The molecular formula is C21H24N6O6S2. The molecule has 3 heterocycles. The van der Waals surface area contributed by atoms with Crippen LogP contribution in [0.3, 0.4) is 0 Å². The molecule has 0 unspecified atom stereocenters. The van der Waals surface area contributed by atoms with Crippen molar-refractivity contribution in [3.05, 3.63) is 52.4 Å². The maximum Gasteiger partial charge on any atom is 0.298 e. The average molecular weight is 521 g/mol. The van der Waals surface area contributed by atoms with Gasteiger partial charge in [-0.2, -0.15) is 16.8 Å². The molecule has 1 aromatic carbocycles. The van der Waals surface area contributed by atoms with Gasteiger partial charge >= 0.3 is 0 Å². The third kappa shape index (κ3) is 4.47. The Balaban J connectivity index is 1.90. The Kier molecular flexibility index (Phi) is 6.07. The third-order valence-electron chi connectivity index (χ3n) is 5.61. The highest BCUT2D eigenvalue weighted by Crippen LogP contribution is 2.34. The molecule has 35 heavy (non-hydrogen) atoms. The number of pyridine rings is 2. The number of aromatic hydroxyl groups is 1. The molecule has 0 spiro atoms. The number of amidine groups is 1. The Morgan fingerprint density at radius 2 is 1.97 bits per heavy atom. The van der Waals surface area contributed by atoms with Crippen molar-refractivity contribution >= 4 is 48.5 Å². The maximum absolute atomic E-state index is 13.5. The molecule has 0 atom stereocenters. The summed E-state index contributed by atoms with van der Waals surface area (Å²) in [6, 6.07) is 6.95. The summed E-state index contributed by atoms with van der Waals surface area (Å²) < 4.78 is 55.2. The predicted molar refractivity (Wildman–Crippen MR) is 132 cm³/mol. The van der Waals surface area contributed by atoms with Gasteiger partial charge in [0.1, 0.15) is 21.9 Å². The van der Waals surface area contributed by atoms with Crippen molar-refractivity contribution in [1.29, 1.82) is 0 Å². The lowest BCUT2D eigenvalue weighted by Crippen LogP contribution is -2.34. The molecule has 12 nitrogen and oxygen atoms in total. The van der Waals surface area contributed by atoms with E-state index in [1.807, 2.05) is 13.8 Å². The number of hydrogen-bond acceptors (Lipinski definition) is 8. The summed E-state index contributed by atoms with van der Waals surface area (Å²) in [5.74, 6) is -0.522. The molecule has 0 bridgehead atoms. The molecule has 2 aromatic heterocycles. The second kappa shape index (κ2) is 8.62. The molecule has 1 aliphatic heterocycles. The molecular weight excluding hydrogens is 496 g/mol. The Bertz CT molecular complexity index is 1640. The molecule has 0 saturated heterocycles. The third-order valence-corrected chi connectivity index (χ3v) is 7.90. The Morgan fingerprint density at radius 1 is 1.26 bits per heavy atom. The Morgan fingerprint density at radius 3 is 2.63 bits per heavy atom. The normalized spacial score (nSPS) is 14.9. The fourth-order valence-corrected chi connectivity index (χ4v) is 5.22. The molecule has 186 valence electrons. The number of aryl methyl sites for hydroxylation is 1. The van der Waals surface area contributed by atoms with E-state index >= 15 is 0 Å². The highest BCUT2D eigenvalue weighted by molar-refractivity contribution is 7.91. The standard InChI is InChI=1S/C21H24N6O6S2/c1-12(2)8-10-27-20-14(5-4-9-23-20)18(28)17(21(27)29)19-24-15-7-6-13(26(3)35(22,32)33)11-16(15)34(30,31)25-19/h4-7,9,11-12,28H,8,10H2,1-3H3,(H,24,25)(H2,22,32,33). The van der Waals surface area contributed by atoms with Gasteiger partial charge in [-0.3, -0.25) is 13.7 Å². The predicted octanol–water partition coefficient (Wildman–Crippen LogP) is 1.35. The van der Waals surface area contributed by atoms with Gasteiger partial charge in [0.15, 0.2) is 5.84 Å². The molecule has 3 aromatic rings. The highest BCUT2D eigenvalue weighted by Gasteiger charge is 2.31. The summed E-state index contributed by atoms with van der Waals surface area (Å²) in [6.45, 7) is 4.30. The number of nitrogens with one attached hydrogen (secondary N) is 1. The average Bonchev–Trinajstić information content (AvgIpc) is 2.77. The molecule has 0 aliphatic carbocycles. The van der Waals surface area contributed by atoms with Crippen LogP contribution in [0.5, 0.6) is 5.75 Å². The van der Waals surface area contributed by atoms with Crippen molar-refractivity contribution < 1.29 is 21.9 Å². The minimum absolute atomic E-state index is 0.00550. The van der Waals surface area contributed by atoms with E-state index in [9.17, 15) is 26.7 Å². The van der Waals surface area contributed by atoms with Crippen LogP contribution in [0.1, 0.15) is 25.8 Å². The van der Waals surface area contributed by atoms with E-state index in [1.165, 1.54) is 29.9 Å². The first kappa shape index (κ1) is 24.6. The summed E-state index contributed by atoms with van der Waals surface area (Å²) in [5, 5.41) is 19.1. The van der Waals surface area contributed by atoms with Crippen LogP contribution in [0.2, 0.25) is 0 Å². The van der Waals surface area contributed by atoms with Gasteiger partial charge in [0, 0.05) is 19.8 Å². The second-order valence-electron chi connectivity index (χ2n) is 8.47. The largest absolute Gasteiger partial charge is 0.506 e. The number of hydrogen-bond donors (Lipinski definition) is 3. The number of benzene rings is 1. The number of nitrogens with two attached hydrogens (primary N) is 1. The SMILES string of the molecule is CC(C)CCn1c(=O)c(C2=NS(=O)(=O)c3cc(N(C)S(N)(=O)=O)ccc3N2)c(O)c2cccnc21. The molecule has 0 fully saturated rings.